The molecule has 1 aromatic heterocycles. The van der Waals surface area contributed by atoms with Crippen LogP contribution in [0.5, 0.6) is 17.2 Å². The van der Waals surface area contributed by atoms with Crippen molar-refractivity contribution in [3.8, 4) is 17.2 Å². The number of rotatable bonds is 11. The highest BCUT2D eigenvalue weighted by Crippen LogP contribution is 2.46. The number of benzene rings is 2. The third kappa shape index (κ3) is 5.88. The number of aromatic nitrogens is 1. The van der Waals surface area contributed by atoms with Crippen LogP contribution in [0.3, 0.4) is 0 Å². The van der Waals surface area contributed by atoms with Crippen molar-refractivity contribution >= 4 is 39.9 Å². The predicted octanol–water partition coefficient (Wildman–Crippen LogP) is 6.16. The van der Waals surface area contributed by atoms with E-state index in [0.29, 0.717) is 48.0 Å². The number of aryl methyl sites for hydroxylation is 1. The summed E-state index contributed by atoms with van der Waals surface area (Å²) in [5.74, 6) is -0.971. The summed E-state index contributed by atoms with van der Waals surface area (Å²) in [5, 5.41) is 11.8. The summed E-state index contributed by atoms with van der Waals surface area (Å²) in [7, 11) is 1.26. The Balaban J connectivity index is 1.65. The molecule has 44 heavy (non-hydrogen) atoms. The van der Waals surface area contributed by atoms with Gasteiger partial charge in [0.25, 0.3) is 5.78 Å². The summed E-state index contributed by atoms with van der Waals surface area (Å²) in [6.07, 6.45) is 3.62. The van der Waals surface area contributed by atoms with E-state index in [1.807, 2.05) is 13.8 Å². The van der Waals surface area contributed by atoms with Crippen LogP contribution in [0.25, 0.3) is 5.76 Å². The number of ketones is 1. The molecule has 2 aromatic carbocycles. The maximum Gasteiger partial charge on any atom is 0.350 e. The minimum atomic E-state index is -1.07. The van der Waals surface area contributed by atoms with Crippen LogP contribution >= 0.6 is 11.3 Å². The number of carbonyl (C=O) groups is 3. The van der Waals surface area contributed by atoms with Gasteiger partial charge >= 0.3 is 11.9 Å². The maximum absolute atomic E-state index is 13.7. The zero-order chi connectivity index (χ0) is 31.5. The molecule has 2 aliphatic rings. The number of Topliss-reactive ketones (excluding diaryl/α,β-unsaturated/α-hetero) is 1. The van der Waals surface area contributed by atoms with Crippen molar-refractivity contribution in [3.63, 3.8) is 0 Å². The first-order chi connectivity index (χ1) is 21.2. The molecule has 2 aliphatic heterocycles. The fraction of sp³-hybridized carbons (Fsp3) is 0.394. The molecule has 10 nitrogen and oxygen atoms in total. The Morgan fingerprint density at radius 3 is 2.64 bits per heavy atom. The van der Waals surface area contributed by atoms with Crippen molar-refractivity contribution in [1.29, 1.82) is 0 Å². The van der Waals surface area contributed by atoms with E-state index in [1.54, 1.807) is 43.3 Å². The molecule has 5 rings (SSSR count). The molecule has 2 atom stereocenters. The Labute approximate surface area is 260 Å². The van der Waals surface area contributed by atoms with Gasteiger partial charge in [0.05, 0.1) is 37.6 Å². The highest BCUT2D eigenvalue weighted by atomic mass is 32.1. The third-order valence-electron chi connectivity index (χ3n) is 7.56. The Morgan fingerprint density at radius 2 is 1.91 bits per heavy atom. The number of ether oxygens (including phenoxy) is 4. The average molecular weight is 621 g/mol. The minimum Gasteiger partial charge on any atom is -0.507 e. The lowest BCUT2D eigenvalue weighted by molar-refractivity contribution is -0.132. The second-order valence-electron chi connectivity index (χ2n) is 10.7. The van der Waals surface area contributed by atoms with Crippen LogP contribution in [0.1, 0.15) is 78.1 Å². The molecule has 0 aliphatic carbocycles. The minimum absolute atomic E-state index is 0.00943. The highest BCUT2D eigenvalue weighted by molar-refractivity contribution is 7.17. The number of thiazole rings is 1. The SMILES string of the molecule is CCCCCOc1ccc([C@H]2/C(=C(\O)c3ccc4c(c3)C[C@H](C)O4)C(=O)C(=O)N2c2nc(C)c(C(=O)OC)s2)cc1OCC. The van der Waals surface area contributed by atoms with E-state index in [0.717, 1.165) is 41.9 Å². The van der Waals surface area contributed by atoms with Crippen LogP contribution in [0, 0.1) is 6.92 Å². The molecule has 3 aromatic rings. The quantitative estimate of drug-likeness (QED) is 0.0883. The normalized spacial score (nSPS) is 18.7. The van der Waals surface area contributed by atoms with Gasteiger partial charge in [-0.3, -0.25) is 14.5 Å². The lowest BCUT2D eigenvalue weighted by atomic mass is 9.94. The van der Waals surface area contributed by atoms with Crippen molar-refractivity contribution in [1.82, 2.24) is 4.98 Å². The Morgan fingerprint density at radius 1 is 1.11 bits per heavy atom. The first kappa shape index (κ1) is 31.1. The number of carbonyl (C=O) groups excluding carboxylic acids is 3. The zero-order valence-corrected chi connectivity index (χ0v) is 26.3. The number of unbranched alkanes of at least 4 members (excludes halogenated alkanes) is 2. The maximum atomic E-state index is 13.7. The Hall–Kier alpha value is -4.38. The molecule has 11 heteroatoms. The molecule has 1 N–H and O–H groups in total. The predicted molar refractivity (Wildman–Crippen MR) is 166 cm³/mol. The molecule has 0 unspecified atom stereocenters. The van der Waals surface area contributed by atoms with E-state index < -0.39 is 23.7 Å². The van der Waals surface area contributed by atoms with E-state index in [1.165, 1.54) is 12.0 Å². The summed E-state index contributed by atoms with van der Waals surface area (Å²) in [5.41, 5.74) is 2.04. The van der Waals surface area contributed by atoms with Crippen molar-refractivity contribution in [2.45, 2.75) is 65.5 Å². The standard InChI is InChI=1S/C33H36N2O8S/c1-6-8-9-14-42-24-13-10-20(17-25(24)41-7-2)27-26(28(36)21-11-12-23-22(16-21)15-18(3)43-23)29(37)31(38)35(27)33-34-19(4)30(44-33)32(39)40-5/h10-13,16-18,27,36H,6-9,14-15H2,1-5H3/b28-26+/t18-,27-/m0/s1. The van der Waals surface area contributed by atoms with E-state index in [9.17, 15) is 19.5 Å². The number of aliphatic hydroxyl groups excluding tert-OH is 1. The van der Waals surface area contributed by atoms with Gasteiger partial charge in [0.1, 0.15) is 22.5 Å². The van der Waals surface area contributed by atoms with E-state index >= 15 is 0 Å². The molecule has 0 radical (unpaired) electrons. The number of anilines is 1. The molecular formula is C33H36N2O8S. The average Bonchev–Trinajstić information content (AvgIpc) is 3.66. The number of amides is 1. The van der Waals surface area contributed by atoms with E-state index in [2.05, 4.69) is 11.9 Å². The Bertz CT molecular complexity index is 1630. The van der Waals surface area contributed by atoms with E-state index in [-0.39, 0.29) is 27.4 Å². The largest absolute Gasteiger partial charge is 0.507 e. The van der Waals surface area contributed by atoms with Crippen LogP contribution in [0.15, 0.2) is 42.0 Å². The van der Waals surface area contributed by atoms with Crippen LogP contribution in [0.2, 0.25) is 0 Å². The number of aliphatic hydroxyl groups is 1. The molecule has 0 spiro atoms. The van der Waals surface area contributed by atoms with Crippen molar-refractivity contribution in [2.75, 3.05) is 25.2 Å². The van der Waals surface area contributed by atoms with Crippen molar-refractivity contribution in [3.05, 3.63) is 69.2 Å². The second-order valence-corrected chi connectivity index (χ2v) is 11.7. The number of nitrogens with zero attached hydrogens (tertiary/aromatic N) is 2. The van der Waals surface area contributed by atoms with Crippen LogP contribution in [-0.4, -0.2) is 54.2 Å². The van der Waals surface area contributed by atoms with Crippen LogP contribution < -0.4 is 19.1 Å². The van der Waals surface area contributed by atoms with Gasteiger partial charge in [0.2, 0.25) is 0 Å². The molecule has 3 heterocycles. The van der Waals surface area contributed by atoms with Gasteiger partial charge in [-0.15, -0.1) is 0 Å². The van der Waals surface area contributed by atoms with Gasteiger partial charge in [-0.2, -0.15) is 0 Å². The lowest BCUT2D eigenvalue weighted by Gasteiger charge is -2.24. The fourth-order valence-corrected chi connectivity index (χ4v) is 6.47. The number of esters is 1. The topological polar surface area (TPSA) is 124 Å². The monoisotopic (exact) mass is 620 g/mol. The van der Waals surface area contributed by atoms with Gasteiger partial charge in [0, 0.05) is 12.0 Å². The molecule has 0 saturated carbocycles. The number of fused-ring (bicyclic) bond motifs is 1. The first-order valence-corrected chi connectivity index (χ1v) is 15.6. The molecule has 1 fully saturated rings. The molecular weight excluding hydrogens is 584 g/mol. The van der Waals surface area contributed by atoms with Gasteiger partial charge in [-0.05, 0) is 68.7 Å². The van der Waals surface area contributed by atoms with Crippen molar-refractivity contribution in [2.24, 2.45) is 0 Å². The summed E-state index contributed by atoms with van der Waals surface area (Å²) in [6, 6.07) is 9.34. The van der Waals surface area contributed by atoms with Gasteiger partial charge < -0.3 is 24.1 Å². The lowest BCUT2D eigenvalue weighted by Crippen LogP contribution is -2.29. The summed E-state index contributed by atoms with van der Waals surface area (Å²) >= 11 is 0.944. The molecule has 1 amide bonds. The molecule has 1 saturated heterocycles. The van der Waals surface area contributed by atoms with Gasteiger partial charge in [-0.25, -0.2) is 9.78 Å². The van der Waals surface area contributed by atoms with Crippen LogP contribution in [0.4, 0.5) is 5.13 Å². The second kappa shape index (κ2) is 13.1. The van der Waals surface area contributed by atoms with Crippen molar-refractivity contribution < 1.29 is 38.4 Å². The number of hydrogen-bond donors (Lipinski definition) is 1. The number of methoxy groups -OCH3 is 1. The summed E-state index contributed by atoms with van der Waals surface area (Å²) in [4.78, 5) is 45.8. The first-order valence-electron chi connectivity index (χ1n) is 14.7. The van der Waals surface area contributed by atoms with Gasteiger partial charge in [-0.1, -0.05) is 37.2 Å². The Kier molecular flexibility index (Phi) is 9.24. The number of hydrogen-bond acceptors (Lipinski definition) is 10. The fourth-order valence-electron chi connectivity index (χ4n) is 5.45. The highest BCUT2D eigenvalue weighted by Gasteiger charge is 2.49. The molecule has 0 bridgehead atoms. The molecule has 232 valence electrons. The van der Waals surface area contributed by atoms with E-state index in [4.69, 9.17) is 18.9 Å². The van der Waals surface area contributed by atoms with Gasteiger partial charge in [0.15, 0.2) is 16.6 Å². The van der Waals surface area contributed by atoms with Crippen LogP contribution in [-0.2, 0) is 20.7 Å². The summed E-state index contributed by atoms with van der Waals surface area (Å²) < 4.78 is 22.6. The summed E-state index contributed by atoms with van der Waals surface area (Å²) in [6.45, 7) is 8.43. The zero-order valence-electron chi connectivity index (χ0n) is 25.5. The third-order valence-corrected chi connectivity index (χ3v) is 8.70. The smallest absolute Gasteiger partial charge is 0.350 e.